The first-order valence-corrected chi connectivity index (χ1v) is 7.09. The van der Waals surface area contributed by atoms with E-state index in [1.807, 2.05) is 13.8 Å². The Balaban J connectivity index is 2.00. The number of likely N-dealkylation sites (N-methyl/N-ethyl adjacent to an activating group) is 1. The van der Waals surface area contributed by atoms with E-state index >= 15 is 0 Å². The summed E-state index contributed by atoms with van der Waals surface area (Å²) in [6.45, 7) is 4.03. The van der Waals surface area contributed by atoms with Crippen molar-refractivity contribution in [1.29, 1.82) is 0 Å². The highest BCUT2D eigenvalue weighted by Gasteiger charge is 2.27. The van der Waals surface area contributed by atoms with Crippen LogP contribution < -0.4 is 10.6 Å². The predicted molar refractivity (Wildman–Crippen MR) is 75.3 cm³/mol. The zero-order chi connectivity index (χ0) is 14.7. The second kappa shape index (κ2) is 6.07. The van der Waals surface area contributed by atoms with Crippen LogP contribution in [0.1, 0.15) is 55.2 Å². The van der Waals surface area contributed by atoms with Gasteiger partial charge in [0.2, 0.25) is 5.91 Å². The van der Waals surface area contributed by atoms with E-state index in [0.29, 0.717) is 24.0 Å². The van der Waals surface area contributed by atoms with Crippen LogP contribution >= 0.6 is 0 Å². The minimum absolute atomic E-state index is 0.176. The summed E-state index contributed by atoms with van der Waals surface area (Å²) in [7, 11) is 1.57. The maximum Gasteiger partial charge on any atom is 0.272 e. The zero-order valence-corrected chi connectivity index (χ0v) is 12.2. The molecule has 1 aliphatic carbocycles. The molecular weight excluding hydrogens is 256 g/mol. The first-order chi connectivity index (χ1) is 9.51. The second-order valence-electron chi connectivity index (χ2n) is 5.75. The molecule has 2 amide bonds. The molecule has 1 heterocycles. The maximum atomic E-state index is 12.1. The molecule has 0 aromatic carbocycles. The number of hydrogen-bond acceptors (Lipinski definition) is 3. The van der Waals surface area contributed by atoms with Crippen LogP contribution in [0.4, 0.5) is 0 Å². The summed E-state index contributed by atoms with van der Waals surface area (Å²) in [5.41, 5.74) is 1.36. The molecule has 1 fully saturated rings. The smallest absolute Gasteiger partial charge is 0.272 e. The van der Waals surface area contributed by atoms with Crippen LogP contribution in [-0.4, -0.2) is 35.1 Å². The molecule has 20 heavy (non-hydrogen) atoms. The SMILES string of the molecule is CNC(=O)[C@H](CC(C)C)NC(=O)c1cc(C2CC2)[nH]n1. The standard InChI is InChI=1S/C14H22N4O2/c1-8(2)6-11(13(19)15-3)16-14(20)12-7-10(17-18-12)9-4-5-9/h7-9,11H,4-6H2,1-3H3,(H,15,19)(H,16,20)(H,17,18)/t11-/m0/s1. The summed E-state index contributed by atoms with van der Waals surface area (Å²) in [6.07, 6.45) is 2.90. The van der Waals surface area contributed by atoms with Gasteiger partial charge in [0.1, 0.15) is 11.7 Å². The van der Waals surface area contributed by atoms with Gasteiger partial charge in [-0.25, -0.2) is 0 Å². The highest BCUT2D eigenvalue weighted by molar-refractivity contribution is 5.96. The zero-order valence-electron chi connectivity index (χ0n) is 12.2. The van der Waals surface area contributed by atoms with Crippen LogP contribution in [0.15, 0.2) is 6.07 Å². The molecule has 6 nitrogen and oxygen atoms in total. The van der Waals surface area contributed by atoms with Crippen molar-refractivity contribution in [2.45, 2.75) is 45.1 Å². The number of carbonyl (C=O) groups is 2. The van der Waals surface area contributed by atoms with Gasteiger partial charge in [-0.3, -0.25) is 14.7 Å². The molecule has 0 saturated heterocycles. The highest BCUT2D eigenvalue weighted by Crippen LogP contribution is 2.38. The lowest BCUT2D eigenvalue weighted by Gasteiger charge is -2.18. The lowest BCUT2D eigenvalue weighted by Crippen LogP contribution is -2.46. The average molecular weight is 278 g/mol. The Morgan fingerprint density at radius 2 is 2.15 bits per heavy atom. The molecule has 0 aliphatic heterocycles. The van der Waals surface area contributed by atoms with E-state index in [1.54, 1.807) is 13.1 Å². The van der Waals surface area contributed by atoms with Crippen molar-refractivity contribution in [1.82, 2.24) is 20.8 Å². The second-order valence-corrected chi connectivity index (χ2v) is 5.75. The lowest BCUT2D eigenvalue weighted by molar-refractivity contribution is -0.122. The number of nitrogens with zero attached hydrogens (tertiary/aromatic N) is 1. The minimum atomic E-state index is -0.520. The molecule has 0 radical (unpaired) electrons. The van der Waals surface area contributed by atoms with Crippen LogP contribution in [0.2, 0.25) is 0 Å². The summed E-state index contributed by atoms with van der Waals surface area (Å²) >= 11 is 0. The summed E-state index contributed by atoms with van der Waals surface area (Å²) < 4.78 is 0. The Hall–Kier alpha value is -1.85. The molecule has 1 saturated carbocycles. The third-order valence-corrected chi connectivity index (χ3v) is 3.42. The first-order valence-electron chi connectivity index (χ1n) is 7.09. The Kier molecular flexibility index (Phi) is 4.42. The number of aromatic nitrogens is 2. The molecule has 110 valence electrons. The Morgan fingerprint density at radius 1 is 1.45 bits per heavy atom. The fraction of sp³-hybridized carbons (Fsp3) is 0.643. The van der Waals surface area contributed by atoms with Crippen molar-refractivity contribution in [2.75, 3.05) is 7.05 Å². The van der Waals surface area contributed by atoms with Crippen molar-refractivity contribution in [2.24, 2.45) is 5.92 Å². The fourth-order valence-electron chi connectivity index (χ4n) is 2.17. The first kappa shape index (κ1) is 14.6. The van der Waals surface area contributed by atoms with Crippen LogP contribution in [0, 0.1) is 5.92 Å². The molecule has 1 atom stereocenters. The molecule has 0 unspecified atom stereocenters. The number of carbonyl (C=O) groups excluding carboxylic acids is 2. The van der Waals surface area contributed by atoms with Crippen LogP contribution in [0.5, 0.6) is 0 Å². The molecule has 1 aromatic heterocycles. The van der Waals surface area contributed by atoms with Crippen molar-refractivity contribution in [3.63, 3.8) is 0 Å². The number of hydrogen-bond donors (Lipinski definition) is 3. The minimum Gasteiger partial charge on any atom is -0.357 e. The largest absolute Gasteiger partial charge is 0.357 e. The van der Waals surface area contributed by atoms with Gasteiger partial charge in [-0.1, -0.05) is 13.8 Å². The molecule has 1 aromatic rings. The van der Waals surface area contributed by atoms with Crippen molar-refractivity contribution >= 4 is 11.8 Å². The molecule has 3 N–H and O–H groups in total. The van der Waals surface area contributed by atoms with E-state index in [1.165, 1.54) is 0 Å². The topological polar surface area (TPSA) is 86.9 Å². The molecule has 1 aliphatic rings. The molecule has 6 heteroatoms. The van der Waals surface area contributed by atoms with E-state index in [-0.39, 0.29) is 11.8 Å². The van der Waals surface area contributed by atoms with Crippen LogP contribution in [-0.2, 0) is 4.79 Å². The molecule has 2 rings (SSSR count). The van der Waals surface area contributed by atoms with E-state index in [9.17, 15) is 9.59 Å². The summed E-state index contributed by atoms with van der Waals surface area (Å²) in [5.74, 6) is 0.362. The summed E-state index contributed by atoms with van der Waals surface area (Å²) in [6, 6.07) is 1.26. The third kappa shape index (κ3) is 3.59. The van der Waals surface area contributed by atoms with E-state index in [0.717, 1.165) is 18.5 Å². The van der Waals surface area contributed by atoms with Crippen LogP contribution in [0.3, 0.4) is 0 Å². The van der Waals surface area contributed by atoms with Gasteiger partial charge >= 0.3 is 0 Å². The predicted octanol–water partition coefficient (Wildman–Crippen LogP) is 1.18. The third-order valence-electron chi connectivity index (χ3n) is 3.42. The number of H-pyrrole nitrogens is 1. The van der Waals surface area contributed by atoms with Gasteiger partial charge in [-0.15, -0.1) is 0 Å². The van der Waals surface area contributed by atoms with E-state index in [4.69, 9.17) is 0 Å². The number of nitrogens with one attached hydrogen (secondary N) is 3. The maximum absolute atomic E-state index is 12.1. The number of aromatic amines is 1. The van der Waals surface area contributed by atoms with E-state index < -0.39 is 6.04 Å². The van der Waals surface area contributed by atoms with Gasteiger partial charge in [-0.2, -0.15) is 5.10 Å². The quantitative estimate of drug-likeness (QED) is 0.730. The van der Waals surface area contributed by atoms with Crippen molar-refractivity contribution in [3.05, 3.63) is 17.5 Å². The Morgan fingerprint density at radius 3 is 2.70 bits per heavy atom. The summed E-state index contributed by atoms with van der Waals surface area (Å²) in [4.78, 5) is 23.9. The van der Waals surface area contributed by atoms with Gasteiger partial charge in [0.05, 0.1) is 0 Å². The lowest BCUT2D eigenvalue weighted by atomic mass is 10.0. The normalized spacial score (nSPS) is 16.0. The van der Waals surface area contributed by atoms with Crippen molar-refractivity contribution in [3.8, 4) is 0 Å². The number of amides is 2. The Bertz CT molecular complexity index is 491. The van der Waals surface area contributed by atoms with Crippen LogP contribution in [0.25, 0.3) is 0 Å². The van der Waals surface area contributed by atoms with Gasteiger partial charge in [0.25, 0.3) is 5.91 Å². The molecular formula is C14H22N4O2. The summed E-state index contributed by atoms with van der Waals surface area (Å²) in [5, 5.41) is 12.3. The highest BCUT2D eigenvalue weighted by atomic mass is 16.2. The fourth-order valence-corrected chi connectivity index (χ4v) is 2.17. The van der Waals surface area contributed by atoms with Gasteiger partial charge in [-0.05, 0) is 31.2 Å². The van der Waals surface area contributed by atoms with Crippen molar-refractivity contribution < 1.29 is 9.59 Å². The molecule has 0 bridgehead atoms. The van der Waals surface area contributed by atoms with E-state index in [2.05, 4.69) is 20.8 Å². The average Bonchev–Trinajstić information content (AvgIpc) is 3.14. The van der Waals surface area contributed by atoms with Gasteiger partial charge in [0, 0.05) is 18.7 Å². The molecule has 0 spiro atoms. The Labute approximate surface area is 118 Å². The number of rotatable bonds is 6. The van der Waals surface area contributed by atoms with Gasteiger partial charge in [0.15, 0.2) is 0 Å². The monoisotopic (exact) mass is 278 g/mol. The van der Waals surface area contributed by atoms with Gasteiger partial charge < -0.3 is 10.6 Å².